The van der Waals surface area contributed by atoms with E-state index in [0.717, 1.165) is 34.4 Å². The van der Waals surface area contributed by atoms with Crippen molar-refractivity contribution < 1.29 is 9.90 Å². The zero-order valence-corrected chi connectivity index (χ0v) is 11.5. The van der Waals surface area contributed by atoms with Crippen LogP contribution in [0.2, 0.25) is 0 Å². The highest BCUT2D eigenvalue weighted by Crippen LogP contribution is 2.26. The number of aryl methyl sites for hydroxylation is 1. The van der Waals surface area contributed by atoms with Gasteiger partial charge in [0, 0.05) is 17.3 Å². The molecule has 2 heterocycles. The minimum absolute atomic E-state index is 0.775. The van der Waals surface area contributed by atoms with E-state index in [-0.39, 0.29) is 0 Å². The molecule has 0 saturated carbocycles. The summed E-state index contributed by atoms with van der Waals surface area (Å²) < 4.78 is 1.96. The van der Waals surface area contributed by atoms with Gasteiger partial charge in [-0.25, -0.2) is 9.78 Å². The summed E-state index contributed by atoms with van der Waals surface area (Å²) in [6, 6.07) is 15.6. The second-order valence-corrected chi connectivity index (χ2v) is 4.74. The number of hydrogen-bond donors (Lipinski definition) is 1. The van der Waals surface area contributed by atoms with Crippen LogP contribution in [-0.4, -0.2) is 20.5 Å². The summed E-state index contributed by atoms with van der Waals surface area (Å²) in [6.07, 6.45) is 2.74. The Balaban J connectivity index is 2.31. The fourth-order valence-electron chi connectivity index (χ4n) is 2.39. The quantitative estimate of drug-likeness (QED) is 0.747. The number of rotatable bonds is 3. The van der Waals surface area contributed by atoms with E-state index in [1.807, 2.05) is 59.9 Å². The number of benzene rings is 1. The SMILES string of the molecule is Cc1cccc2nc(-c3ccccc3)c(/C=C/C(=O)O)n12. The van der Waals surface area contributed by atoms with E-state index in [1.54, 1.807) is 6.08 Å². The first-order valence-electron chi connectivity index (χ1n) is 6.61. The zero-order valence-electron chi connectivity index (χ0n) is 11.5. The lowest BCUT2D eigenvalue weighted by atomic mass is 10.1. The second-order valence-electron chi connectivity index (χ2n) is 4.74. The van der Waals surface area contributed by atoms with E-state index < -0.39 is 5.97 Å². The molecule has 0 unspecified atom stereocenters. The summed E-state index contributed by atoms with van der Waals surface area (Å²) in [6.45, 7) is 1.97. The minimum atomic E-state index is -0.974. The lowest BCUT2D eigenvalue weighted by Gasteiger charge is -2.03. The van der Waals surface area contributed by atoms with Gasteiger partial charge in [-0.05, 0) is 25.1 Å². The van der Waals surface area contributed by atoms with Gasteiger partial charge in [0.25, 0.3) is 0 Å². The van der Waals surface area contributed by atoms with Crippen LogP contribution in [0.3, 0.4) is 0 Å². The number of hydrogen-bond acceptors (Lipinski definition) is 2. The van der Waals surface area contributed by atoms with Gasteiger partial charge < -0.3 is 5.11 Å². The Morgan fingerprint density at radius 2 is 1.90 bits per heavy atom. The summed E-state index contributed by atoms with van der Waals surface area (Å²) in [5.41, 5.74) is 4.33. The van der Waals surface area contributed by atoms with Gasteiger partial charge in [0.2, 0.25) is 0 Å². The third-order valence-electron chi connectivity index (χ3n) is 3.31. The van der Waals surface area contributed by atoms with Crippen LogP contribution in [0.4, 0.5) is 0 Å². The van der Waals surface area contributed by atoms with Gasteiger partial charge in [-0.1, -0.05) is 36.4 Å². The van der Waals surface area contributed by atoms with Gasteiger partial charge in [-0.15, -0.1) is 0 Å². The first-order chi connectivity index (χ1) is 10.2. The van der Waals surface area contributed by atoms with E-state index in [2.05, 4.69) is 4.98 Å². The molecule has 0 fully saturated rings. The summed E-state index contributed by atoms with van der Waals surface area (Å²) in [7, 11) is 0. The average molecular weight is 278 g/mol. The monoisotopic (exact) mass is 278 g/mol. The molecule has 0 radical (unpaired) electrons. The predicted octanol–water partition coefficient (Wildman–Crippen LogP) is 3.41. The van der Waals surface area contributed by atoms with Crippen LogP contribution in [0, 0.1) is 6.92 Å². The topological polar surface area (TPSA) is 54.6 Å². The molecule has 4 heteroatoms. The van der Waals surface area contributed by atoms with Crippen molar-refractivity contribution in [3.05, 3.63) is 66.0 Å². The Labute approximate surface area is 122 Å². The van der Waals surface area contributed by atoms with Crippen molar-refractivity contribution in [3.63, 3.8) is 0 Å². The Kier molecular flexibility index (Phi) is 3.28. The van der Waals surface area contributed by atoms with E-state index >= 15 is 0 Å². The van der Waals surface area contributed by atoms with E-state index in [9.17, 15) is 4.79 Å². The van der Waals surface area contributed by atoms with Crippen LogP contribution >= 0.6 is 0 Å². The molecule has 0 atom stereocenters. The summed E-state index contributed by atoms with van der Waals surface area (Å²) >= 11 is 0. The summed E-state index contributed by atoms with van der Waals surface area (Å²) in [5, 5.41) is 8.90. The Bertz CT molecular complexity index is 833. The molecule has 1 aromatic carbocycles. The van der Waals surface area contributed by atoms with Crippen molar-refractivity contribution in [3.8, 4) is 11.3 Å². The van der Waals surface area contributed by atoms with E-state index in [4.69, 9.17) is 5.11 Å². The average Bonchev–Trinajstić information content (AvgIpc) is 2.86. The molecule has 104 valence electrons. The third-order valence-corrected chi connectivity index (χ3v) is 3.31. The van der Waals surface area contributed by atoms with Crippen molar-refractivity contribution in [2.75, 3.05) is 0 Å². The second kappa shape index (κ2) is 5.25. The van der Waals surface area contributed by atoms with Crippen molar-refractivity contribution >= 4 is 17.7 Å². The van der Waals surface area contributed by atoms with Crippen LogP contribution in [-0.2, 0) is 4.79 Å². The summed E-state index contributed by atoms with van der Waals surface area (Å²) in [5.74, 6) is -0.974. The fourth-order valence-corrected chi connectivity index (χ4v) is 2.39. The molecule has 2 aromatic heterocycles. The van der Waals surface area contributed by atoms with Crippen molar-refractivity contribution in [2.24, 2.45) is 0 Å². The highest BCUT2D eigenvalue weighted by molar-refractivity contribution is 5.87. The number of aromatic nitrogens is 2. The Morgan fingerprint density at radius 3 is 2.62 bits per heavy atom. The molecule has 0 bridgehead atoms. The number of carboxylic acid groups (broad SMARTS) is 1. The van der Waals surface area contributed by atoms with Crippen molar-refractivity contribution in [1.82, 2.24) is 9.38 Å². The molecule has 0 spiro atoms. The molecule has 4 nitrogen and oxygen atoms in total. The first-order valence-corrected chi connectivity index (χ1v) is 6.61. The van der Waals surface area contributed by atoms with E-state index in [0.29, 0.717) is 0 Å². The zero-order chi connectivity index (χ0) is 14.8. The maximum Gasteiger partial charge on any atom is 0.328 e. The smallest absolute Gasteiger partial charge is 0.328 e. The number of nitrogens with zero attached hydrogens (tertiary/aromatic N) is 2. The van der Waals surface area contributed by atoms with Crippen LogP contribution in [0.15, 0.2) is 54.6 Å². The number of pyridine rings is 1. The highest BCUT2D eigenvalue weighted by atomic mass is 16.4. The lowest BCUT2D eigenvalue weighted by molar-refractivity contribution is -0.131. The molecule has 3 aromatic rings. The number of carbonyl (C=O) groups is 1. The Hall–Kier alpha value is -2.88. The molecule has 3 rings (SSSR count). The van der Waals surface area contributed by atoms with Crippen LogP contribution < -0.4 is 0 Å². The highest BCUT2D eigenvalue weighted by Gasteiger charge is 2.13. The Morgan fingerprint density at radius 1 is 1.14 bits per heavy atom. The fraction of sp³-hybridized carbons (Fsp3) is 0.0588. The number of carboxylic acids is 1. The maximum absolute atomic E-state index is 10.8. The number of imidazole rings is 1. The standard InChI is InChI=1S/C17H14N2O2/c1-12-6-5-9-15-18-17(13-7-3-2-4-8-13)14(19(12)15)10-11-16(20)21/h2-11H,1H3,(H,20,21)/b11-10+. The molecule has 21 heavy (non-hydrogen) atoms. The largest absolute Gasteiger partial charge is 0.478 e. The van der Waals surface area contributed by atoms with Gasteiger partial charge in [-0.3, -0.25) is 4.40 Å². The van der Waals surface area contributed by atoms with Gasteiger partial charge in [-0.2, -0.15) is 0 Å². The van der Waals surface area contributed by atoms with Crippen LogP contribution in [0.1, 0.15) is 11.4 Å². The molecule has 0 aliphatic rings. The number of aliphatic carboxylic acids is 1. The van der Waals surface area contributed by atoms with Crippen LogP contribution in [0.5, 0.6) is 0 Å². The molecule has 0 saturated heterocycles. The maximum atomic E-state index is 10.8. The molecule has 0 aliphatic heterocycles. The minimum Gasteiger partial charge on any atom is -0.478 e. The van der Waals surface area contributed by atoms with Gasteiger partial charge in [0.1, 0.15) is 5.65 Å². The normalized spacial score (nSPS) is 11.3. The van der Waals surface area contributed by atoms with Crippen molar-refractivity contribution in [2.45, 2.75) is 6.92 Å². The molecule has 1 N–H and O–H groups in total. The molecular formula is C17H14N2O2. The van der Waals surface area contributed by atoms with E-state index in [1.165, 1.54) is 0 Å². The lowest BCUT2D eigenvalue weighted by Crippen LogP contribution is -1.94. The molecular weight excluding hydrogens is 264 g/mol. The van der Waals surface area contributed by atoms with Gasteiger partial charge in [0.15, 0.2) is 0 Å². The summed E-state index contributed by atoms with van der Waals surface area (Å²) in [4.78, 5) is 15.5. The molecule has 0 amide bonds. The first kappa shape index (κ1) is 13.1. The van der Waals surface area contributed by atoms with Crippen LogP contribution in [0.25, 0.3) is 23.0 Å². The van der Waals surface area contributed by atoms with Gasteiger partial charge >= 0.3 is 5.97 Å². The number of fused-ring (bicyclic) bond motifs is 1. The van der Waals surface area contributed by atoms with Gasteiger partial charge in [0.05, 0.1) is 11.4 Å². The van der Waals surface area contributed by atoms with Crippen molar-refractivity contribution in [1.29, 1.82) is 0 Å². The predicted molar refractivity (Wildman–Crippen MR) is 82.0 cm³/mol. The third kappa shape index (κ3) is 2.43. The molecule has 0 aliphatic carbocycles.